The van der Waals surface area contributed by atoms with Crippen molar-refractivity contribution in [1.82, 2.24) is 4.90 Å². The molecule has 1 fully saturated rings. The van der Waals surface area contributed by atoms with Gasteiger partial charge in [-0.3, -0.25) is 9.69 Å². The van der Waals surface area contributed by atoms with Crippen LogP contribution in [0, 0.1) is 11.8 Å². The van der Waals surface area contributed by atoms with E-state index in [0.717, 1.165) is 5.56 Å². The van der Waals surface area contributed by atoms with Gasteiger partial charge in [0, 0.05) is 19.6 Å². The molecule has 1 aliphatic rings. The lowest BCUT2D eigenvalue weighted by atomic mass is 9.96. The summed E-state index contributed by atoms with van der Waals surface area (Å²) in [4.78, 5) is 12.5. The minimum Gasteiger partial charge on any atom is -0.481 e. The van der Waals surface area contributed by atoms with E-state index in [0.29, 0.717) is 6.54 Å². The lowest BCUT2D eigenvalue weighted by Crippen LogP contribution is -2.33. The zero-order valence-electron chi connectivity index (χ0n) is 10.1. The fraction of sp³-hybridized carbons (Fsp3) is 0.462. The van der Waals surface area contributed by atoms with Gasteiger partial charge >= 0.3 is 12.1 Å². The Labute approximate surface area is 108 Å². The molecular formula is C13H14F3NO2. The van der Waals surface area contributed by atoms with Crippen LogP contribution in [0.5, 0.6) is 0 Å². The predicted molar refractivity (Wildman–Crippen MR) is 62.4 cm³/mol. The van der Waals surface area contributed by atoms with Crippen molar-refractivity contribution in [3.05, 3.63) is 35.9 Å². The number of carbonyl (C=O) groups is 1. The fourth-order valence-electron chi connectivity index (χ4n) is 2.44. The van der Waals surface area contributed by atoms with Crippen molar-refractivity contribution in [3.8, 4) is 0 Å². The number of halogens is 3. The summed E-state index contributed by atoms with van der Waals surface area (Å²) in [6.07, 6.45) is -4.46. The summed E-state index contributed by atoms with van der Waals surface area (Å²) in [6.45, 7) is 0.0287. The third-order valence-corrected chi connectivity index (χ3v) is 3.38. The van der Waals surface area contributed by atoms with Crippen LogP contribution in [-0.4, -0.2) is 35.2 Å². The van der Waals surface area contributed by atoms with E-state index in [9.17, 15) is 18.0 Å². The average molecular weight is 273 g/mol. The molecule has 0 spiro atoms. The zero-order chi connectivity index (χ0) is 14.0. The van der Waals surface area contributed by atoms with Crippen LogP contribution in [0.15, 0.2) is 30.3 Å². The van der Waals surface area contributed by atoms with Gasteiger partial charge in [-0.25, -0.2) is 0 Å². The molecule has 2 atom stereocenters. The summed E-state index contributed by atoms with van der Waals surface area (Å²) < 4.78 is 38.4. The smallest absolute Gasteiger partial charge is 0.393 e. The summed E-state index contributed by atoms with van der Waals surface area (Å²) in [7, 11) is 0. The molecule has 2 rings (SSSR count). The molecule has 1 aliphatic heterocycles. The number of hydrogen-bond acceptors (Lipinski definition) is 2. The molecule has 0 bridgehead atoms. The number of hydrogen-bond donors (Lipinski definition) is 1. The quantitative estimate of drug-likeness (QED) is 0.919. The second-order valence-corrected chi connectivity index (χ2v) is 4.77. The highest BCUT2D eigenvalue weighted by atomic mass is 19.4. The first-order chi connectivity index (χ1) is 8.88. The molecule has 1 heterocycles. The van der Waals surface area contributed by atoms with Crippen LogP contribution in [0.2, 0.25) is 0 Å². The highest BCUT2D eigenvalue weighted by Gasteiger charge is 2.52. The van der Waals surface area contributed by atoms with E-state index in [1.54, 1.807) is 17.0 Å². The van der Waals surface area contributed by atoms with Crippen molar-refractivity contribution >= 4 is 5.97 Å². The summed E-state index contributed by atoms with van der Waals surface area (Å²) in [5.41, 5.74) is 0.884. The summed E-state index contributed by atoms with van der Waals surface area (Å²) in [5.74, 6) is -4.53. The van der Waals surface area contributed by atoms with Gasteiger partial charge in [0.25, 0.3) is 0 Å². The SMILES string of the molecule is O=C(O)[C@@H]1CN(Cc2ccccc2)C[C@@H]1C(F)(F)F. The number of benzene rings is 1. The van der Waals surface area contributed by atoms with Gasteiger partial charge in [-0.1, -0.05) is 30.3 Å². The number of carboxylic acids is 1. The van der Waals surface area contributed by atoms with Crippen LogP contribution in [0.4, 0.5) is 13.2 Å². The maximum absolute atomic E-state index is 12.8. The van der Waals surface area contributed by atoms with E-state index in [1.165, 1.54) is 0 Å². The van der Waals surface area contributed by atoms with Crippen molar-refractivity contribution < 1.29 is 23.1 Å². The monoisotopic (exact) mass is 273 g/mol. The Kier molecular flexibility index (Phi) is 3.80. The molecule has 0 aliphatic carbocycles. The Morgan fingerprint density at radius 3 is 2.37 bits per heavy atom. The minimum absolute atomic E-state index is 0.0611. The van der Waals surface area contributed by atoms with Gasteiger partial charge < -0.3 is 5.11 Å². The number of alkyl halides is 3. The third-order valence-electron chi connectivity index (χ3n) is 3.38. The van der Waals surface area contributed by atoms with Crippen molar-refractivity contribution in [2.45, 2.75) is 12.7 Å². The van der Waals surface area contributed by atoms with Gasteiger partial charge in [0.05, 0.1) is 11.8 Å². The molecule has 0 unspecified atom stereocenters. The van der Waals surface area contributed by atoms with E-state index >= 15 is 0 Å². The van der Waals surface area contributed by atoms with Crippen LogP contribution < -0.4 is 0 Å². The fourth-order valence-corrected chi connectivity index (χ4v) is 2.44. The minimum atomic E-state index is -4.46. The predicted octanol–water partition coefficient (Wildman–Crippen LogP) is 2.38. The summed E-state index contributed by atoms with van der Waals surface area (Å²) in [6, 6.07) is 9.07. The number of aliphatic carboxylic acids is 1. The van der Waals surface area contributed by atoms with E-state index < -0.39 is 24.0 Å². The van der Waals surface area contributed by atoms with Crippen LogP contribution >= 0.6 is 0 Å². The molecule has 6 heteroatoms. The molecule has 19 heavy (non-hydrogen) atoms. The van der Waals surface area contributed by atoms with Crippen molar-refractivity contribution in [2.75, 3.05) is 13.1 Å². The molecule has 1 aromatic carbocycles. The van der Waals surface area contributed by atoms with Gasteiger partial charge in [0.15, 0.2) is 0 Å². The molecule has 1 N–H and O–H groups in total. The Hall–Kier alpha value is -1.56. The van der Waals surface area contributed by atoms with E-state index in [-0.39, 0.29) is 13.1 Å². The molecule has 3 nitrogen and oxygen atoms in total. The van der Waals surface area contributed by atoms with Crippen molar-refractivity contribution in [1.29, 1.82) is 0 Å². The van der Waals surface area contributed by atoms with Gasteiger partial charge in [0.2, 0.25) is 0 Å². The topological polar surface area (TPSA) is 40.5 Å². The third kappa shape index (κ3) is 3.26. The second-order valence-electron chi connectivity index (χ2n) is 4.77. The number of carboxylic acid groups (broad SMARTS) is 1. The van der Waals surface area contributed by atoms with E-state index in [2.05, 4.69) is 0 Å². The lowest BCUT2D eigenvalue weighted by Gasteiger charge is -2.18. The summed E-state index contributed by atoms with van der Waals surface area (Å²) >= 11 is 0. The standard InChI is InChI=1S/C13H14F3NO2/c14-13(15,16)11-8-17(7-10(11)12(18)19)6-9-4-2-1-3-5-9/h1-5,10-11H,6-8H2,(H,18,19)/t10-,11+/m1/s1. The summed E-state index contributed by atoms with van der Waals surface area (Å²) in [5, 5.41) is 8.90. The molecule has 0 saturated carbocycles. The maximum Gasteiger partial charge on any atom is 0.393 e. The number of nitrogens with zero attached hydrogens (tertiary/aromatic N) is 1. The average Bonchev–Trinajstić information content (AvgIpc) is 2.74. The molecule has 0 amide bonds. The van der Waals surface area contributed by atoms with Gasteiger partial charge in [-0.2, -0.15) is 13.2 Å². The Morgan fingerprint density at radius 1 is 1.26 bits per heavy atom. The van der Waals surface area contributed by atoms with Crippen LogP contribution in [0.1, 0.15) is 5.56 Å². The first-order valence-corrected chi connectivity index (χ1v) is 5.93. The first kappa shape index (κ1) is 13.9. The van der Waals surface area contributed by atoms with Crippen LogP contribution in [0.3, 0.4) is 0 Å². The Bertz CT molecular complexity index is 447. The first-order valence-electron chi connectivity index (χ1n) is 5.93. The number of likely N-dealkylation sites (tertiary alicyclic amines) is 1. The van der Waals surface area contributed by atoms with Crippen LogP contribution in [0.25, 0.3) is 0 Å². The maximum atomic E-state index is 12.8. The van der Waals surface area contributed by atoms with E-state index in [1.807, 2.05) is 18.2 Å². The Morgan fingerprint density at radius 2 is 1.89 bits per heavy atom. The number of rotatable bonds is 3. The lowest BCUT2D eigenvalue weighted by molar-refractivity contribution is -0.188. The van der Waals surface area contributed by atoms with Gasteiger partial charge in [-0.05, 0) is 5.56 Å². The Balaban J connectivity index is 2.08. The zero-order valence-corrected chi connectivity index (χ0v) is 10.1. The van der Waals surface area contributed by atoms with Gasteiger partial charge in [0.1, 0.15) is 0 Å². The van der Waals surface area contributed by atoms with Crippen LogP contribution in [-0.2, 0) is 11.3 Å². The highest BCUT2D eigenvalue weighted by molar-refractivity contribution is 5.71. The molecule has 0 radical (unpaired) electrons. The van der Waals surface area contributed by atoms with E-state index in [4.69, 9.17) is 5.11 Å². The normalized spacial score (nSPS) is 24.6. The molecule has 104 valence electrons. The second kappa shape index (κ2) is 5.21. The van der Waals surface area contributed by atoms with Crippen molar-refractivity contribution in [2.24, 2.45) is 11.8 Å². The molecule has 1 aromatic rings. The van der Waals surface area contributed by atoms with Gasteiger partial charge in [-0.15, -0.1) is 0 Å². The van der Waals surface area contributed by atoms with Crippen molar-refractivity contribution in [3.63, 3.8) is 0 Å². The molecule has 0 aromatic heterocycles. The highest BCUT2D eigenvalue weighted by Crippen LogP contribution is 2.38. The molecular weight excluding hydrogens is 259 g/mol. The molecule has 1 saturated heterocycles. The largest absolute Gasteiger partial charge is 0.481 e.